The molecule has 84 valence electrons. The molecule has 6 heteroatoms. The highest BCUT2D eigenvalue weighted by atomic mass is 32.1. The number of aliphatic hydroxyl groups is 1. The van der Waals surface area contributed by atoms with Crippen LogP contribution in [0.2, 0.25) is 0 Å². The van der Waals surface area contributed by atoms with Crippen molar-refractivity contribution < 1.29 is 5.11 Å². The van der Waals surface area contributed by atoms with Crippen LogP contribution in [0.4, 0.5) is 0 Å². The Hall–Kier alpha value is -1.53. The molecule has 0 bridgehead atoms. The fourth-order valence-electron chi connectivity index (χ4n) is 1.64. The van der Waals surface area contributed by atoms with Gasteiger partial charge in [-0.3, -0.25) is 14.6 Å². The summed E-state index contributed by atoms with van der Waals surface area (Å²) in [5.74, 6) is 0.536. The maximum atomic E-state index is 9.17. The molecule has 2 aromatic rings. The van der Waals surface area contributed by atoms with E-state index in [4.69, 9.17) is 17.3 Å². The van der Waals surface area contributed by atoms with Gasteiger partial charge in [0.05, 0.1) is 6.04 Å². The summed E-state index contributed by atoms with van der Waals surface area (Å²) in [6.45, 7) is 1.86. The highest BCUT2D eigenvalue weighted by molar-refractivity contribution is 7.71. The minimum Gasteiger partial charge on any atom is -0.388 e. The van der Waals surface area contributed by atoms with Crippen molar-refractivity contribution in [1.82, 2.24) is 19.7 Å². The third kappa shape index (κ3) is 1.89. The lowest BCUT2D eigenvalue weighted by Gasteiger charge is -2.14. The Morgan fingerprint density at radius 3 is 2.81 bits per heavy atom. The molecule has 2 N–H and O–H groups in total. The molecule has 0 radical (unpaired) electrons. The molecule has 2 heterocycles. The molecular formula is C10H12N4OS. The molecule has 16 heavy (non-hydrogen) atoms. The molecule has 0 aliphatic rings. The maximum Gasteiger partial charge on any atom is 0.195 e. The first-order valence-corrected chi connectivity index (χ1v) is 5.31. The summed E-state index contributed by atoms with van der Waals surface area (Å²) >= 11 is 5.13. The Bertz CT molecular complexity index is 519. The molecular weight excluding hydrogens is 224 g/mol. The van der Waals surface area contributed by atoms with Gasteiger partial charge in [0.2, 0.25) is 0 Å². The topological polar surface area (TPSA) is 66.7 Å². The smallest absolute Gasteiger partial charge is 0.195 e. The second-order valence-corrected chi connectivity index (χ2v) is 3.82. The predicted molar refractivity (Wildman–Crippen MR) is 61.4 cm³/mol. The van der Waals surface area contributed by atoms with Gasteiger partial charge in [-0.05, 0) is 36.8 Å². The fraction of sp³-hybridized carbons (Fsp3) is 0.300. The predicted octanol–water partition coefficient (Wildman–Crippen LogP) is 1.44. The van der Waals surface area contributed by atoms with Gasteiger partial charge in [-0.25, -0.2) is 0 Å². The lowest BCUT2D eigenvalue weighted by molar-refractivity contribution is 0.263. The van der Waals surface area contributed by atoms with Crippen LogP contribution in [0.1, 0.15) is 24.4 Å². The van der Waals surface area contributed by atoms with E-state index >= 15 is 0 Å². The number of hydrogen-bond donors (Lipinski definition) is 2. The summed E-state index contributed by atoms with van der Waals surface area (Å²) in [4.78, 5) is 3.97. The normalized spacial score (nSPS) is 12.6. The van der Waals surface area contributed by atoms with Crippen molar-refractivity contribution in [3.8, 4) is 0 Å². The van der Waals surface area contributed by atoms with Crippen molar-refractivity contribution in [2.75, 3.05) is 0 Å². The first-order chi connectivity index (χ1) is 7.74. The third-order valence-electron chi connectivity index (χ3n) is 2.49. The largest absolute Gasteiger partial charge is 0.388 e. The number of aromatic amines is 1. The zero-order chi connectivity index (χ0) is 11.5. The standard InChI is InChI=1S/C10H12N4OS/c1-7(8-2-4-11-5-3-8)14-9(6-15)12-13-10(14)16/h2-5,7,15H,6H2,1H3,(H,13,16). The molecule has 0 saturated carbocycles. The molecule has 0 spiro atoms. The first-order valence-electron chi connectivity index (χ1n) is 4.90. The number of rotatable bonds is 3. The summed E-state index contributed by atoms with van der Waals surface area (Å²) in [5.41, 5.74) is 1.07. The molecule has 5 nitrogen and oxygen atoms in total. The number of H-pyrrole nitrogens is 1. The number of aliphatic hydroxyl groups excluding tert-OH is 1. The van der Waals surface area contributed by atoms with E-state index in [1.54, 1.807) is 17.0 Å². The van der Waals surface area contributed by atoms with Crippen LogP contribution < -0.4 is 0 Å². The number of hydrogen-bond acceptors (Lipinski definition) is 4. The van der Waals surface area contributed by atoms with E-state index in [9.17, 15) is 0 Å². The molecule has 2 rings (SSSR count). The molecule has 0 saturated heterocycles. The summed E-state index contributed by atoms with van der Waals surface area (Å²) in [5, 5.41) is 15.8. The summed E-state index contributed by atoms with van der Waals surface area (Å²) in [6, 6.07) is 3.86. The Balaban J connectivity index is 2.45. The minimum atomic E-state index is -0.136. The van der Waals surface area contributed by atoms with Gasteiger partial charge in [-0.2, -0.15) is 5.10 Å². The average molecular weight is 236 g/mol. The molecule has 0 aromatic carbocycles. The van der Waals surface area contributed by atoms with Crippen molar-refractivity contribution in [2.45, 2.75) is 19.6 Å². The van der Waals surface area contributed by atoms with Crippen molar-refractivity contribution in [3.63, 3.8) is 0 Å². The number of aromatic nitrogens is 4. The van der Waals surface area contributed by atoms with E-state index in [2.05, 4.69) is 15.2 Å². The summed E-state index contributed by atoms with van der Waals surface area (Å²) in [7, 11) is 0. The van der Waals surface area contributed by atoms with E-state index in [0.717, 1.165) is 5.56 Å². The molecule has 1 unspecified atom stereocenters. The zero-order valence-electron chi connectivity index (χ0n) is 8.79. The van der Waals surface area contributed by atoms with Crippen LogP contribution in [0.3, 0.4) is 0 Å². The average Bonchev–Trinajstić information content (AvgIpc) is 2.70. The van der Waals surface area contributed by atoms with Crippen LogP contribution in [0.15, 0.2) is 24.5 Å². The first kappa shape index (κ1) is 11.0. The lowest BCUT2D eigenvalue weighted by atomic mass is 10.1. The highest BCUT2D eigenvalue weighted by Crippen LogP contribution is 2.18. The Morgan fingerprint density at radius 2 is 2.19 bits per heavy atom. The quantitative estimate of drug-likeness (QED) is 0.791. The van der Waals surface area contributed by atoms with Crippen LogP contribution in [0.25, 0.3) is 0 Å². The van der Waals surface area contributed by atoms with Gasteiger partial charge in [0.1, 0.15) is 6.61 Å². The number of nitrogens with one attached hydrogen (secondary N) is 1. The monoisotopic (exact) mass is 236 g/mol. The van der Waals surface area contributed by atoms with Crippen molar-refractivity contribution in [1.29, 1.82) is 0 Å². The molecule has 2 aromatic heterocycles. The maximum absolute atomic E-state index is 9.17. The van der Waals surface area contributed by atoms with E-state index < -0.39 is 0 Å². The van der Waals surface area contributed by atoms with Gasteiger partial charge in [0.25, 0.3) is 0 Å². The van der Waals surface area contributed by atoms with Crippen LogP contribution in [0, 0.1) is 4.77 Å². The van der Waals surface area contributed by atoms with Gasteiger partial charge in [0, 0.05) is 12.4 Å². The van der Waals surface area contributed by atoms with Crippen LogP contribution in [-0.2, 0) is 6.61 Å². The van der Waals surface area contributed by atoms with Gasteiger partial charge in [0.15, 0.2) is 10.6 Å². The number of pyridine rings is 1. The van der Waals surface area contributed by atoms with Gasteiger partial charge >= 0.3 is 0 Å². The Kier molecular flexibility index (Phi) is 3.12. The SMILES string of the molecule is CC(c1ccncc1)n1c(CO)n[nH]c1=S. The highest BCUT2D eigenvalue weighted by Gasteiger charge is 2.13. The summed E-state index contributed by atoms with van der Waals surface area (Å²) in [6.07, 6.45) is 3.46. The van der Waals surface area contributed by atoms with E-state index in [0.29, 0.717) is 10.6 Å². The Labute approximate surface area is 97.8 Å². The fourth-order valence-corrected chi connectivity index (χ4v) is 1.95. The lowest BCUT2D eigenvalue weighted by Crippen LogP contribution is -2.11. The third-order valence-corrected chi connectivity index (χ3v) is 2.78. The van der Waals surface area contributed by atoms with Crippen LogP contribution in [-0.4, -0.2) is 24.9 Å². The van der Waals surface area contributed by atoms with Crippen LogP contribution >= 0.6 is 12.2 Å². The second kappa shape index (κ2) is 4.54. The summed E-state index contributed by atoms with van der Waals surface area (Å²) < 4.78 is 2.30. The number of nitrogens with zero attached hydrogens (tertiary/aromatic N) is 3. The van der Waals surface area contributed by atoms with Gasteiger partial charge < -0.3 is 5.11 Å². The van der Waals surface area contributed by atoms with Gasteiger partial charge in [-0.15, -0.1) is 0 Å². The van der Waals surface area contributed by atoms with Crippen molar-refractivity contribution in [2.24, 2.45) is 0 Å². The molecule has 0 fully saturated rings. The zero-order valence-corrected chi connectivity index (χ0v) is 9.61. The minimum absolute atomic E-state index is 0.0244. The van der Waals surface area contributed by atoms with Crippen molar-refractivity contribution in [3.05, 3.63) is 40.7 Å². The van der Waals surface area contributed by atoms with Crippen molar-refractivity contribution >= 4 is 12.2 Å². The molecule has 1 atom stereocenters. The Morgan fingerprint density at radius 1 is 1.50 bits per heavy atom. The second-order valence-electron chi connectivity index (χ2n) is 3.43. The molecule has 0 aliphatic carbocycles. The van der Waals surface area contributed by atoms with Gasteiger partial charge in [-0.1, -0.05) is 0 Å². The van der Waals surface area contributed by atoms with Crippen LogP contribution in [0.5, 0.6) is 0 Å². The van der Waals surface area contributed by atoms with E-state index in [-0.39, 0.29) is 12.6 Å². The van der Waals surface area contributed by atoms with E-state index in [1.165, 1.54) is 0 Å². The molecule has 0 amide bonds. The molecule has 0 aliphatic heterocycles. The van der Waals surface area contributed by atoms with E-state index in [1.807, 2.05) is 19.1 Å².